The average Bonchev–Trinajstić information content (AvgIpc) is 2.55. The Kier molecular flexibility index (Phi) is 4.81. The Hall–Kier alpha value is -2.08. The van der Waals surface area contributed by atoms with E-state index in [1.165, 1.54) is 13.0 Å². The number of hydrogen-bond acceptors (Lipinski definition) is 6. The molecule has 1 N–H and O–H groups in total. The van der Waals surface area contributed by atoms with Crippen molar-refractivity contribution in [1.82, 2.24) is 24.8 Å². The Morgan fingerprint density at radius 1 is 1.22 bits per heavy atom. The van der Waals surface area contributed by atoms with Gasteiger partial charge in [-0.2, -0.15) is 0 Å². The van der Waals surface area contributed by atoms with E-state index in [2.05, 4.69) is 39.0 Å². The van der Waals surface area contributed by atoms with Gasteiger partial charge in [-0.05, 0) is 46.2 Å². The molecule has 0 amide bonds. The molecule has 3 rings (SSSR count). The van der Waals surface area contributed by atoms with Gasteiger partial charge in [0.05, 0.1) is 0 Å². The van der Waals surface area contributed by atoms with E-state index in [4.69, 9.17) is 4.98 Å². The Balaban J connectivity index is 1.80. The van der Waals surface area contributed by atoms with Crippen molar-refractivity contribution in [2.45, 2.75) is 45.6 Å². The summed E-state index contributed by atoms with van der Waals surface area (Å²) in [5, 5.41) is 3.17. The molecule has 2 aromatic heterocycles. The number of piperidine rings is 1. The maximum atomic E-state index is 4.72. The molecule has 0 bridgehead atoms. The summed E-state index contributed by atoms with van der Waals surface area (Å²) in [5.74, 6) is 2.64. The van der Waals surface area contributed by atoms with E-state index in [0.29, 0.717) is 17.9 Å². The number of aryl methyl sites for hydroxylation is 1. The fourth-order valence-corrected chi connectivity index (χ4v) is 3.00. The van der Waals surface area contributed by atoms with E-state index in [-0.39, 0.29) is 0 Å². The first kappa shape index (κ1) is 15.8. The monoisotopic (exact) mass is 312 g/mol. The molecule has 2 aromatic rings. The van der Waals surface area contributed by atoms with Gasteiger partial charge in [0.25, 0.3) is 0 Å². The molecule has 122 valence electrons. The van der Waals surface area contributed by atoms with Gasteiger partial charge in [0.15, 0.2) is 0 Å². The van der Waals surface area contributed by atoms with Crippen molar-refractivity contribution in [2.24, 2.45) is 0 Å². The fourth-order valence-electron chi connectivity index (χ4n) is 3.00. The summed E-state index contributed by atoms with van der Waals surface area (Å²) in [6, 6.07) is 4.30. The van der Waals surface area contributed by atoms with Gasteiger partial charge >= 0.3 is 0 Å². The Bertz CT molecular complexity index is 643. The van der Waals surface area contributed by atoms with Crippen LogP contribution in [-0.4, -0.2) is 44.0 Å². The van der Waals surface area contributed by atoms with E-state index in [0.717, 1.165) is 30.3 Å². The summed E-state index contributed by atoms with van der Waals surface area (Å²) in [5.41, 5.74) is 0.968. The topological polar surface area (TPSA) is 66.8 Å². The summed E-state index contributed by atoms with van der Waals surface area (Å²) >= 11 is 0. The fraction of sp³-hybridized carbons (Fsp3) is 0.529. The van der Waals surface area contributed by atoms with Gasteiger partial charge < -0.3 is 10.2 Å². The molecular weight excluding hydrogens is 288 g/mol. The maximum Gasteiger partial charge on any atom is 0.228 e. The number of hydrogen-bond donors (Lipinski definition) is 1. The molecule has 1 aliphatic heterocycles. The van der Waals surface area contributed by atoms with Gasteiger partial charge in [0.1, 0.15) is 11.6 Å². The molecule has 0 spiro atoms. The molecule has 0 saturated carbocycles. The van der Waals surface area contributed by atoms with Gasteiger partial charge in [-0.1, -0.05) is 0 Å². The highest BCUT2D eigenvalue weighted by atomic mass is 15.2. The molecule has 0 aliphatic carbocycles. The summed E-state index contributed by atoms with van der Waals surface area (Å²) < 4.78 is 0. The van der Waals surface area contributed by atoms with Crippen LogP contribution in [0.1, 0.15) is 44.1 Å². The minimum absolute atomic E-state index is 0.392. The highest BCUT2D eigenvalue weighted by Gasteiger charge is 2.25. The zero-order chi connectivity index (χ0) is 16.2. The molecule has 6 nitrogen and oxygen atoms in total. The van der Waals surface area contributed by atoms with E-state index in [1.807, 2.05) is 13.0 Å². The number of aromatic nitrogens is 4. The first-order chi connectivity index (χ1) is 11.1. The van der Waals surface area contributed by atoms with Crippen LogP contribution >= 0.6 is 0 Å². The third kappa shape index (κ3) is 4.01. The third-order valence-electron chi connectivity index (χ3n) is 4.23. The molecule has 6 heteroatoms. The van der Waals surface area contributed by atoms with E-state index in [1.54, 1.807) is 18.5 Å². The summed E-state index contributed by atoms with van der Waals surface area (Å²) in [7, 11) is 0. The number of nitrogens with one attached hydrogen (secondary N) is 1. The quantitative estimate of drug-likeness (QED) is 0.936. The highest BCUT2D eigenvalue weighted by molar-refractivity contribution is 5.47. The summed E-state index contributed by atoms with van der Waals surface area (Å²) in [6.07, 6.45) is 5.77. The second-order valence-corrected chi connectivity index (χ2v) is 6.38. The molecular formula is C17H24N6. The molecule has 1 saturated heterocycles. The van der Waals surface area contributed by atoms with Crippen LogP contribution in [0.3, 0.4) is 0 Å². The SMILES string of the molecule is Cc1cc(Nc2ncccn2)nc([C@@H]2CCCN(C(C)C)C2)n1. The van der Waals surface area contributed by atoms with Crippen LogP contribution in [0.4, 0.5) is 11.8 Å². The van der Waals surface area contributed by atoms with Crippen molar-refractivity contribution in [1.29, 1.82) is 0 Å². The Morgan fingerprint density at radius 2 is 2.00 bits per heavy atom. The standard InChI is InChI=1S/C17H24N6/c1-12(2)23-9-4-6-14(11-23)16-20-13(3)10-15(21-16)22-17-18-7-5-8-19-17/h5,7-8,10,12,14H,4,6,9,11H2,1-3H3,(H,18,19,20,21,22)/t14-/m1/s1. The van der Waals surface area contributed by atoms with Crippen molar-refractivity contribution in [3.63, 3.8) is 0 Å². The lowest BCUT2D eigenvalue weighted by Crippen LogP contribution is -2.39. The number of likely N-dealkylation sites (tertiary alicyclic amines) is 1. The first-order valence-corrected chi connectivity index (χ1v) is 8.25. The van der Waals surface area contributed by atoms with Crippen LogP contribution in [0.15, 0.2) is 24.5 Å². The lowest BCUT2D eigenvalue weighted by Gasteiger charge is -2.34. The van der Waals surface area contributed by atoms with Gasteiger partial charge in [-0.3, -0.25) is 0 Å². The van der Waals surface area contributed by atoms with Crippen molar-refractivity contribution < 1.29 is 0 Å². The molecule has 1 fully saturated rings. The largest absolute Gasteiger partial charge is 0.309 e. The predicted octanol–water partition coefficient (Wildman–Crippen LogP) is 2.91. The maximum absolute atomic E-state index is 4.72. The predicted molar refractivity (Wildman–Crippen MR) is 90.8 cm³/mol. The van der Waals surface area contributed by atoms with E-state index in [9.17, 15) is 0 Å². The highest BCUT2D eigenvalue weighted by Crippen LogP contribution is 2.27. The van der Waals surface area contributed by atoms with Crippen LogP contribution in [0.5, 0.6) is 0 Å². The Morgan fingerprint density at radius 3 is 2.74 bits per heavy atom. The molecule has 0 aromatic carbocycles. The second-order valence-electron chi connectivity index (χ2n) is 6.38. The Labute approximate surface area is 137 Å². The minimum atomic E-state index is 0.392. The number of anilines is 2. The zero-order valence-corrected chi connectivity index (χ0v) is 14.0. The van der Waals surface area contributed by atoms with Crippen molar-refractivity contribution in [3.8, 4) is 0 Å². The van der Waals surface area contributed by atoms with Gasteiger partial charge in [0, 0.05) is 42.7 Å². The first-order valence-electron chi connectivity index (χ1n) is 8.25. The number of rotatable bonds is 4. The zero-order valence-electron chi connectivity index (χ0n) is 14.0. The van der Waals surface area contributed by atoms with Crippen LogP contribution < -0.4 is 5.32 Å². The van der Waals surface area contributed by atoms with Crippen LogP contribution in [0.2, 0.25) is 0 Å². The van der Waals surface area contributed by atoms with Crippen molar-refractivity contribution >= 4 is 11.8 Å². The summed E-state index contributed by atoms with van der Waals surface area (Å²) in [6.45, 7) is 8.70. The van der Waals surface area contributed by atoms with E-state index >= 15 is 0 Å². The normalized spacial score (nSPS) is 19.0. The molecule has 1 atom stereocenters. The molecule has 1 aliphatic rings. The summed E-state index contributed by atoms with van der Waals surface area (Å²) in [4.78, 5) is 20.3. The lowest BCUT2D eigenvalue weighted by molar-refractivity contribution is 0.165. The minimum Gasteiger partial charge on any atom is -0.309 e. The van der Waals surface area contributed by atoms with E-state index < -0.39 is 0 Å². The van der Waals surface area contributed by atoms with Crippen LogP contribution in [0.25, 0.3) is 0 Å². The number of nitrogens with zero attached hydrogens (tertiary/aromatic N) is 5. The molecule has 0 unspecified atom stereocenters. The lowest BCUT2D eigenvalue weighted by atomic mass is 9.96. The van der Waals surface area contributed by atoms with Crippen molar-refractivity contribution in [3.05, 3.63) is 36.0 Å². The van der Waals surface area contributed by atoms with Crippen molar-refractivity contribution in [2.75, 3.05) is 18.4 Å². The van der Waals surface area contributed by atoms with Gasteiger partial charge in [-0.25, -0.2) is 19.9 Å². The average molecular weight is 312 g/mol. The van der Waals surface area contributed by atoms with Crippen LogP contribution in [0, 0.1) is 6.92 Å². The van der Waals surface area contributed by atoms with Gasteiger partial charge in [-0.15, -0.1) is 0 Å². The smallest absolute Gasteiger partial charge is 0.228 e. The molecule has 0 radical (unpaired) electrons. The van der Waals surface area contributed by atoms with Crippen LogP contribution in [-0.2, 0) is 0 Å². The molecule has 23 heavy (non-hydrogen) atoms. The third-order valence-corrected chi connectivity index (χ3v) is 4.23. The second kappa shape index (κ2) is 7.00. The molecule has 3 heterocycles. The van der Waals surface area contributed by atoms with Gasteiger partial charge in [0.2, 0.25) is 5.95 Å².